The van der Waals surface area contributed by atoms with E-state index < -0.39 is 29.4 Å². The third-order valence-electron chi connectivity index (χ3n) is 7.16. The molecule has 2 aromatic rings. The predicted octanol–water partition coefficient (Wildman–Crippen LogP) is 3.55. The smallest absolute Gasteiger partial charge is 0.408 e. The number of carboxylic acids is 1. The molecule has 3 atom stereocenters. The minimum absolute atomic E-state index is 0.0595. The lowest BCUT2D eigenvalue weighted by molar-refractivity contribution is -0.143. The minimum atomic E-state index is -1.37. The molecule has 35 heavy (non-hydrogen) atoms. The van der Waals surface area contributed by atoms with Crippen molar-refractivity contribution in [3.8, 4) is 11.1 Å². The average Bonchev–Trinajstić information content (AvgIpc) is 3.44. The molecule has 1 fully saturated rings. The molecule has 3 unspecified atom stereocenters. The molecule has 0 radical (unpaired) electrons. The second-order valence-electron chi connectivity index (χ2n) is 9.56. The first-order chi connectivity index (χ1) is 16.8. The Labute approximate surface area is 205 Å². The second-order valence-corrected chi connectivity index (χ2v) is 9.56. The first-order valence-electron chi connectivity index (χ1n) is 12.0. The van der Waals surface area contributed by atoms with E-state index in [1.807, 2.05) is 36.4 Å². The minimum Gasteiger partial charge on any atom is -0.481 e. The van der Waals surface area contributed by atoms with E-state index in [9.17, 15) is 19.5 Å². The fraction of sp³-hybridized carbons (Fsp3) is 0.444. The van der Waals surface area contributed by atoms with Gasteiger partial charge in [0, 0.05) is 19.6 Å². The number of amides is 2. The van der Waals surface area contributed by atoms with Crippen LogP contribution in [-0.4, -0.2) is 55.5 Å². The highest BCUT2D eigenvalue weighted by Gasteiger charge is 2.38. The molecule has 2 aromatic carbocycles. The molecule has 8 heteroatoms. The molecule has 0 heterocycles. The van der Waals surface area contributed by atoms with Crippen LogP contribution in [-0.2, 0) is 19.1 Å². The van der Waals surface area contributed by atoms with Crippen molar-refractivity contribution >= 4 is 18.0 Å². The summed E-state index contributed by atoms with van der Waals surface area (Å²) in [6.45, 7) is 1.88. The maximum absolute atomic E-state index is 13.0. The van der Waals surface area contributed by atoms with Crippen molar-refractivity contribution in [2.75, 3.05) is 26.9 Å². The van der Waals surface area contributed by atoms with Gasteiger partial charge in [-0.25, -0.2) is 4.79 Å². The van der Waals surface area contributed by atoms with Gasteiger partial charge in [-0.3, -0.25) is 9.59 Å². The highest BCUT2D eigenvalue weighted by atomic mass is 16.5. The summed E-state index contributed by atoms with van der Waals surface area (Å²) >= 11 is 0. The van der Waals surface area contributed by atoms with Gasteiger partial charge in [-0.15, -0.1) is 0 Å². The SMILES string of the molecule is COCC(C)(NC(=O)OCC1c2ccccc2-c2ccccc21)C(=O)NCC1CCCC1C(=O)O. The largest absolute Gasteiger partial charge is 0.481 e. The molecule has 1 saturated carbocycles. The van der Waals surface area contributed by atoms with Gasteiger partial charge >= 0.3 is 12.1 Å². The molecule has 0 bridgehead atoms. The molecule has 2 aliphatic carbocycles. The van der Waals surface area contributed by atoms with E-state index in [1.54, 1.807) is 6.92 Å². The number of aliphatic carboxylic acids is 1. The van der Waals surface area contributed by atoms with Crippen LogP contribution in [0.5, 0.6) is 0 Å². The summed E-state index contributed by atoms with van der Waals surface area (Å²) in [4.78, 5) is 37.2. The Bertz CT molecular complexity index is 1060. The number of methoxy groups -OCH3 is 1. The fourth-order valence-electron chi connectivity index (χ4n) is 5.33. The topological polar surface area (TPSA) is 114 Å². The van der Waals surface area contributed by atoms with Crippen molar-refractivity contribution in [3.05, 3.63) is 59.7 Å². The van der Waals surface area contributed by atoms with Gasteiger partial charge in [0.25, 0.3) is 0 Å². The molecule has 186 valence electrons. The quantitative estimate of drug-likeness (QED) is 0.506. The van der Waals surface area contributed by atoms with Crippen LogP contribution in [0, 0.1) is 11.8 Å². The molecule has 2 amide bonds. The zero-order valence-corrected chi connectivity index (χ0v) is 20.1. The number of rotatable bonds is 9. The Hall–Kier alpha value is -3.39. The number of alkyl carbamates (subject to hydrolysis) is 1. The second kappa shape index (κ2) is 10.5. The molecule has 2 aliphatic rings. The van der Waals surface area contributed by atoms with Gasteiger partial charge in [0.1, 0.15) is 12.1 Å². The Morgan fingerprint density at radius 2 is 1.66 bits per heavy atom. The molecule has 0 spiro atoms. The van der Waals surface area contributed by atoms with Crippen molar-refractivity contribution in [3.63, 3.8) is 0 Å². The first kappa shape index (κ1) is 24.7. The van der Waals surface area contributed by atoms with Crippen molar-refractivity contribution < 1.29 is 29.0 Å². The zero-order chi connectivity index (χ0) is 25.0. The normalized spacial score (nSPS) is 20.4. The number of fused-ring (bicyclic) bond motifs is 3. The number of hydrogen-bond donors (Lipinski definition) is 3. The highest BCUT2D eigenvalue weighted by Crippen LogP contribution is 2.44. The van der Waals surface area contributed by atoms with E-state index in [0.29, 0.717) is 6.42 Å². The molecule has 0 aromatic heterocycles. The van der Waals surface area contributed by atoms with Crippen LogP contribution in [0.25, 0.3) is 11.1 Å². The van der Waals surface area contributed by atoms with Crippen LogP contribution in [0.15, 0.2) is 48.5 Å². The lowest BCUT2D eigenvalue weighted by atomic mass is 9.95. The van der Waals surface area contributed by atoms with Gasteiger partial charge in [0.2, 0.25) is 5.91 Å². The van der Waals surface area contributed by atoms with Gasteiger partial charge in [0.15, 0.2) is 0 Å². The van der Waals surface area contributed by atoms with Crippen molar-refractivity contribution in [2.45, 2.75) is 37.6 Å². The number of carbonyl (C=O) groups is 3. The summed E-state index contributed by atoms with van der Waals surface area (Å²) < 4.78 is 10.8. The average molecular weight is 481 g/mol. The Morgan fingerprint density at radius 3 is 2.26 bits per heavy atom. The Morgan fingerprint density at radius 1 is 1.03 bits per heavy atom. The van der Waals surface area contributed by atoms with Crippen molar-refractivity contribution in [1.82, 2.24) is 10.6 Å². The number of ether oxygens (including phenoxy) is 2. The van der Waals surface area contributed by atoms with E-state index in [4.69, 9.17) is 9.47 Å². The van der Waals surface area contributed by atoms with Gasteiger partial charge < -0.3 is 25.2 Å². The summed E-state index contributed by atoms with van der Waals surface area (Å²) in [5.41, 5.74) is 3.10. The van der Waals surface area contributed by atoms with Gasteiger partial charge in [-0.05, 0) is 47.9 Å². The summed E-state index contributed by atoms with van der Waals surface area (Å²) in [6.07, 6.45) is 1.47. The summed E-state index contributed by atoms with van der Waals surface area (Å²) in [7, 11) is 1.45. The van der Waals surface area contributed by atoms with E-state index in [0.717, 1.165) is 35.1 Å². The number of carboxylic acid groups (broad SMARTS) is 1. The predicted molar refractivity (Wildman–Crippen MR) is 130 cm³/mol. The van der Waals surface area contributed by atoms with E-state index in [-0.39, 0.29) is 31.6 Å². The highest BCUT2D eigenvalue weighted by molar-refractivity contribution is 5.90. The van der Waals surface area contributed by atoms with E-state index in [1.165, 1.54) is 7.11 Å². The summed E-state index contributed by atoms with van der Waals surface area (Å²) in [5.74, 6) is -1.95. The van der Waals surface area contributed by atoms with E-state index >= 15 is 0 Å². The summed E-state index contributed by atoms with van der Waals surface area (Å²) in [6, 6.07) is 16.1. The molecule has 3 N–H and O–H groups in total. The number of hydrogen-bond acceptors (Lipinski definition) is 5. The number of benzene rings is 2. The first-order valence-corrected chi connectivity index (χ1v) is 12.0. The molecule has 4 rings (SSSR count). The van der Waals surface area contributed by atoms with Gasteiger partial charge in [-0.2, -0.15) is 0 Å². The van der Waals surface area contributed by atoms with Gasteiger partial charge in [0.05, 0.1) is 12.5 Å². The Kier molecular flexibility index (Phi) is 7.40. The lowest BCUT2D eigenvalue weighted by Gasteiger charge is -2.29. The van der Waals surface area contributed by atoms with Crippen LogP contribution < -0.4 is 10.6 Å². The summed E-state index contributed by atoms with van der Waals surface area (Å²) in [5, 5.41) is 14.8. The van der Waals surface area contributed by atoms with Gasteiger partial charge in [-0.1, -0.05) is 55.0 Å². The molecule has 0 saturated heterocycles. The third-order valence-corrected chi connectivity index (χ3v) is 7.16. The lowest BCUT2D eigenvalue weighted by Crippen LogP contribution is -2.60. The van der Waals surface area contributed by atoms with Crippen LogP contribution in [0.3, 0.4) is 0 Å². The Balaban J connectivity index is 1.38. The van der Waals surface area contributed by atoms with Crippen LogP contribution in [0.1, 0.15) is 43.2 Å². The van der Waals surface area contributed by atoms with E-state index in [2.05, 4.69) is 22.8 Å². The molecule has 8 nitrogen and oxygen atoms in total. The zero-order valence-electron chi connectivity index (χ0n) is 20.1. The maximum Gasteiger partial charge on any atom is 0.408 e. The van der Waals surface area contributed by atoms with Crippen molar-refractivity contribution in [1.29, 1.82) is 0 Å². The molecular weight excluding hydrogens is 448 g/mol. The van der Waals surface area contributed by atoms with Crippen molar-refractivity contribution in [2.24, 2.45) is 11.8 Å². The monoisotopic (exact) mass is 480 g/mol. The maximum atomic E-state index is 13.0. The number of nitrogens with one attached hydrogen (secondary N) is 2. The number of carbonyl (C=O) groups excluding carboxylic acids is 2. The molecule has 0 aliphatic heterocycles. The fourth-order valence-corrected chi connectivity index (χ4v) is 5.33. The third kappa shape index (κ3) is 5.17. The standard InChI is InChI=1S/C27H32N2O6/c1-27(16-34-2,25(32)28-14-17-8-7-13-18(17)24(30)31)29-26(33)35-15-23-21-11-5-3-9-19(21)20-10-4-6-12-22(20)23/h3-6,9-12,17-18,23H,7-8,13-16H2,1-2H3,(H,28,32)(H,29,33)(H,30,31). The van der Waals surface area contributed by atoms with Crippen LogP contribution in [0.2, 0.25) is 0 Å². The van der Waals surface area contributed by atoms with Crippen LogP contribution in [0.4, 0.5) is 4.79 Å². The van der Waals surface area contributed by atoms with Crippen LogP contribution >= 0.6 is 0 Å². The molecular formula is C27H32N2O6.